The Balaban J connectivity index is 1.93. The molecule has 1 aliphatic heterocycles. The highest BCUT2D eigenvalue weighted by Gasteiger charge is 2.29. The molecule has 0 bridgehead atoms. The number of nitrogens with zero attached hydrogens (tertiary/aromatic N) is 4. The molecule has 1 aromatic carbocycles. The van der Waals surface area contributed by atoms with E-state index in [4.69, 9.17) is 10.3 Å². The second kappa shape index (κ2) is 6.72. The molecule has 2 heterocycles. The van der Waals surface area contributed by atoms with Gasteiger partial charge in [-0.1, -0.05) is 18.2 Å². The van der Waals surface area contributed by atoms with Gasteiger partial charge < -0.3 is 14.6 Å². The maximum absolute atomic E-state index is 12.4. The largest absolute Gasteiger partial charge is 0.444 e. The number of amides is 2. The topological polar surface area (TPSA) is 109 Å². The van der Waals surface area contributed by atoms with Crippen LogP contribution in [0.2, 0.25) is 0 Å². The lowest BCUT2D eigenvalue weighted by molar-refractivity contribution is 0.0497. The number of para-hydroxylation sites is 1. The summed E-state index contributed by atoms with van der Waals surface area (Å²) in [6, 6.07) is 7.38. The van der Waals surface area contributed by atoms with Gasteiger partial charge in [-0.3, -0.25) is 4.79 Å². The van der Waals surface area contributed by atoms with Crippen LogP contribution in [0.4, 0.5) is 4.79 Å². The van der Waals surface area contributed by atoms with E-state index in [0.29, 0.717) is 18.5 Å². The first kappa shape index (κ1) is 17.8. The lowest BCUT2D eigenvalue weighted by atomic mass is 10.0. The van der Waals surface area contributed by atoms with E-state index in [1.165, 1.54) is 0 Å². The van der Waals surface area contributed by atoms with Crippen LogP contribution in [0.15, 0.2) is 29.4 Å². The molecular weight excluding hydrogens is 334 g/mol. The molecule has 3 rings (SSSR count). The van der Waals surface area contributed by atoms with Gasteiger partial charge in [0.15, 0.2) is 0 Å². The Hall–Kier alpha value is -2.99. The maximum Gasteiger partial charge on any atom is 0.407 e. The standard InChI is InChI=1S/C18H21N5O3/c1-18(2,3)26-17(25)20-11-8-9-23-13-7-5-4-6-12(13)15(14(23)10-11)16(24)21-22-19/h4-7,11H,8-10H2,1-3H3,(H,20,25). The zero-order chi connectivity index (χ0) is 18.9. The number of rotatable bonds is 2. The van der Waals surface area contributed by atoms with Crippen molar-refractivity contribution in [3.8, 4) is 0 Å². The number of carbonyl (C=O) groups is 2. The van der Waals surface area contributed by atoms with Crippen molar-refractivity contribution >= 4 is 22.9 Å². The number of carbonyl (C=O) groups excluding carboxylic acids is 2. The number of fused-ring (bicyclic) bond motifs is 3. The fourth-order valence-electron chi connectivity index (χ4n) is 3.37. The summed E-state index contributed by atoms with van der Waals surface area (Å²) in [7, 11) is 0. The van der Waals surface area contributed by atoms with E-state index in [9.17, 15) is 9.59 Å². The fourth-order valence-corrected chi connectivity index (χ4v) is 3.37. The first-order chi connectivity index (χ1) is 12.3. The van der Waals surface area contributed by atoms with Gasteiger partial charge in [-0.25, -0.2) is 4.79 Å². The smallest absolute Gasteiger partial charge is 0.407 e. The van der Waals surface area contributed by atoms with Crippen LogP contribution in [0.25, 0.3) is 21.3 Å². The molecule has 2 amide bonds. The van der Waals surface area contributed by atoms with Gasteiger partial charge in [-0.2, -0.15) is 0 Å². The van der Waals surface area contributed by atoms with Gasteiger partial charge in [0.2, 0.25) is 0 Å². The number of alkyl carbamates (subject to hydrolysis) is 1. The minimum absolute atomic E-state index is 0.153. The second-order valence-corrected chi connectivity index (χ2v) is 7.32. The predicted octanol–water partition coefficient (Wildman–Crippen LogP) is 3.93. The van der Waals surface area contributed by atoms with Gasteiger partial charge in [0.1, 0.15) is 5.60 Å². The molecule has 0 saturated heterocycles. The van der Waals surface area contributed by atoms with Crippen molar-refractivity contribution in [2.75, 3.05) is 0 Å². The molecule has 1 N–H and O–H groups in total. The third-order valence-electron chi connectivity index (χ3n) is 4.29. The number of hydrogen-bond acceptors (Lipinski definition) is 3. The molecule has 8 heteroatoms. The molecular formula is C18H21N5O3. The third-order valence-corrected chi connectivity index (χ3v) is 4.29. The third kappa shape index (κ3) is 3.50. The van der Waals surface area contributed by atoms with Crippen molar-refractivity contribution in [3.05, 3.63) is 46.0 Å². The zero-order valence-corrected chi connectivity index (χ0v) is 15.0. The summed E-state index contributed by atoms with van der Waals surface area (Å²) in [6.45, 7) is 6.08. The summed E-state index contributed by atoms with van der Waals surface area (Å²) in [6.07, 6.45) is 0.714. The summed E-state index contributed by atoms with van der Waals surface area (Å²) in [4.78, 5) is 27.1. The quantitative estimate of drug-likeness (QED) is 0.500. The molecule has 0 fully saturated rings. The molecule has 0 saturated carbocycles. The van der Waals surface area contributed by atoms with Gasteiger partial charge in [-0.15, -0.1) is 0 Å². The van der Waals surface area contributed by atoms with Crippen molar-refractivity contribution in [2.24, 2.45) is 5.11 Å². The number of ether oxygens (including phenoxy) is 1. The van der Waals surface area contributed by atoms with Crippen molar-refractivity contribution in [1.29, 1.82) is 0 Å². The number of benzene rings is 1. The Morgan fingerprint density at radius 2 is 2.08 bits per heavy atom. The van der Waals surface area contributed by atoms with Gasteiger partial charge in [0.05, 0.1) is 5.56 Å². The van der Waals surface area contributed by atoms with Crippen LogP contribution in [0.3, 0.4) is 0 Å². The highest BCUT2D eigenvalue weighted by molar-refractivity contribution is 6.09. The summed E-state index contributed by atoms with van der Waals surface area (Å²) >= 11 is 0. The van der Waals surface area contributed by atoms with Crippen molar-refractivity contribution in [1.82, 2.24) is 9.88 Å². The fraction of sp³-hybridized carbons (Fsp3) is 0.444. The highest BCUT2D eigenvalue weighted by Crippen LogP contribution is 2.31. The molecule has 1 unspecified atom stereocenters. The predicted molar refractivity (Wildman–Crippen MR) is 96.9 cm³/mol. The number of hydrogen-bond donors (Lipinski definition) is 1. The van der Waals surface area contributed by atoms with Gasteiger partial charge >= 0.3 is 6.09 Å². The van der Waals surface area contributed by atoms with E-state index in [1.807, 2.05) is 45.0 Å². The van der Waals surface area contributed by atoms with Crippen LogP contribution in [0.1, 0.15) is 43.2 Å². The van der Waals surface area contributed by atoms with E-state index in [2.05, 4.69) is 19.9 Å². The van der Waals surface area contributed by atoms with Gasteiger partial charge in [0.25, 0.3) is 5.91 Å². The molecule has 26 heavy (non-hydrogen) atoms. The van der Waals surface area contributed by atoms with E-state index in [-0.39, 0.29) is 6.04 Å². The average molecular weight is 355 g/mol. The van der Waals surface area contributed by atoms with Gasteiger partial charge in [-0.05, 0) is 43.9 Å². The lowest BCUT2D eigenvalue weighted by Crippen LogP contribution is -2.43. The van der Waals surface area contributed by atoms with Crippen LogP contribution < -0.4 is 5.32 Å². The number of aromatic nitrogens is 1. The summed E-state index contributed by atoms with van der Waals surface area (Å²) in [5.74, 6) is -0.602. The molecule has 2 aromatic rings. The lowest BCUT2D eigenvalue weighted by Gasteiger charge is -2.28. The van der Waals surface area contributed by atoms with Gasteiger partial charge in [0, 0.05) is 40.5 Å². The zero-order valence-electron chi connectivity index (χ0n) is 15.0. The van der Waals surface area contributed by atoms with E-state index in [0.717, 1.165) is 23.0 Å². The van der Waals surface area contributed by atoms with Crippen molar-refractivity contribution in [2.45, 2.75) is 51.8 Å². The molecule has 1 aromatic heterocycles. The van der Waals surface area contributed by atoms with Crippen LogP contribution >= 0.6 is 0 Å². The van der Waals surface area contributed by atoms with E-state index < -0.39 is 17.6 Å². The van der Waals surface area contributed by atoms with Crippen molar-refractivity contribution < 1.29 is 14.3 Å². The normalized spacial score (nSPS) is 16.5. The number of azide groups is 1. The summed E-state index contributed by atoms with van der Waals surface area (Å²) in [5, 5.41) is 6.91. The molecule has 0 radical (unpaired) electrons. The molecule has 0 spiro atoms. The van der Waals surface area contributed by atoms with Crippen LogP contribution in [-0.4, -0.2) is 28.2 Å². The average Bonchev–Trinajstić information content (AvgIpc) is 2.86. The minimum atomic E-state index is -0.602. The first-order valence-electron chi connectivity index (χ1n) is 8.49. The first-order valence-corrected chi connectivity index (χ1v) is 8.49. The molecule has 136 valence electrons. The Morgan fingerprint density at radius 3 is 2.77 bits per heavy atom. The molecule has 1 aliphatic rings. The van der Waals surface area contributed by atoms with E-state index in [1.54, 1.807) is 0 Å². The Kier molecular flexibility index (Phi) is 4.61. The van der Waals surface area contributed by atoms with Crippen molar-refractivity contribution in [3.63, 3.8) is 0 Å². The highest BCUT2D eigenvalue weighted by atomic mass is 16.6. The summed E-state index contributed by atoms with van der Waals surface area (Å²) in [5.41, 5.74) is 10.2. The Bertz CT molecular complexity index is 919. The van der Waals surface area contributed by atoms with Crippen LogP contribution in [-0.2, 0) is 17.7 Å². The van der Waals surface area contributed by atoms with E-state index >= 15 is 0 Å². The Labute approximate surface area is 150 Å². The number of aryl methyl sites for hydroxylation is 1. The summed E-state index contributed by atoms with van der Waals surface area (Å²) < 4.78 is 7.37. The maximum atomic E-state index is 12.4. The Morgan fingerprint density at radius 1 is 1.35 bits per heavy atom. The monoisotopic (exact) mass is 355 g/mol. The second-order valence-electron chi connectivity index (χ2n) is 7.32. The molecule has 0 aliphatic carbocycles. The number of nitrogens with one attached hydrogen (secondary N) is 1. The molecule has 1 atom stereocenters. The molecule has 8 nitrogen and oxygen atoms in total. The van der Waals surface area contributed by atoms with Crippen LogP contribution in [0, 0.1) is 0 Å². The van der Waals surface area contributed by atoms with Crippen LogP contribution in [0.5, 0.6) is 0 Å². The SMILES string of the molecule is CC(C)(C)OC(=O)NC1CCn2c(c(C(=O)N=[N+]=[N-])c3ccccc32)C1. The minimum Gasteiger partial charge on any atom is -0.444 e.